The van der Waals surface area contributed by atoms with Crippen molar-refractivity contribution in [2.45, 2.75) is 6.61 Å². The lowest BCUT2D eigenvalue weighted by atomic mass is 10.3. The van der Waals surface area contributed by atoms with Gasteiger partial charge in [-0.25, -0.2) is 4.98 Å². The van der Waals surface area contributed by atoms with Gasteiger partial charge in [-0.2, -0.15) is 8.78 Å². The van der Waals surface area contributed by atoms with Crippen LogP contribution in [0.1, 0.15) is 10.4 Å². The first-order chi connectivity index (χ1) is 10.6. The van der Waals surface area contributed by atoms with Crippen molar-refractivity contribution in [1.82, 2.24) is 9.97 Å². The molecule has 22 heavy (non-hydrogen) atoms. The maximum atomic E-state index is 12.2. The van der Waals surface area contributed by atoms with Gasteiger partial charge in [-0.05, 0) is 30.3 Å². The molecule has 8 heteroatoms. The molecular formula is C14H9F2N3O2S. The largest absolute Gasteiger partial charge is 0.435 e. The van der Waals surface area contributed by atoms with E-state index in [2.05, 4.69) is 20.0 Å². The minimum absolute atomic E-state index is 0.0521. The molecule has 0 saturated carbocycles. The summed E-state index contributed by atoms with van der Waals surface area (Å²) in [4.78, 5) is 20.1. The van der Waals surface area contributed by atoms with Crippen LogP contribution in [0.5, 0.6) is 5.75 Å². The average Bonchev–Trinajstić information content (AvgIpc) is 2.89. The average molecular weight is 321 g/mol. The van der Waals surface area contributed by atoms with E-state index >= 15 is 0 Å². The standard InChI is InChI=1S/C14H9F2N3O2S/c15-13(16)21-9-3-4-10-11(6-9)22-14(18-10)19-12(20)8-2-1-5-17-7-8/h1-7,13H,(H,18,19,20). The number of hydrogen-bond donors (Lipinski definition) is 1. The summed E-state index contributed by atoms with van der Waals surface area (Å²) in [5, 5.41) is 3.02. The number of rotatable bonds is 4. The molecule has 0 aliphatic rings. The Morgan fingerprint density at radius 2 is 2.18 bits per heavy atom. The Kier molecular flexibility index (Phi) is 3.92. The second kappa shape index (κ2) is 6.02. The van der Waals surface area contributed by atoms with Gasteiger partial charge < -0.3 is 4.74 Å². The first-order valence-electron chi connectivity index (χ1n) is 6.18. The van der Waals surface area contributed by atoms with E-state index in [9.17, 15) is 13.6 Å². The number of anilines is 1. The summed E-state index contributed by atoms with van der Waals surface area (Å²) in [7, 11) is 0. The summed E-state index contributed by atoms with van der Waals surface area (Å²) in [6.45, 7) is -2.88. The SMILES string of the molecule is O=C(Nc1nc2ccc(OC(F)F)cc2s1)c1cccnc1. The van der Waals surface area contributed by atoms with Crippen LogP contribution in [0.4, 0.5) is 13.9 Å². The number of nitrogens with zero attached hydrogens (tertiary/aromatic N) is 2. The van der Waals surface area contributed by atoms with Crippen molar-refractivity contribution >= 4 is 32.6 Å². The fourth-order valence-electron chi connectivity index (χ4n) is 1.80. The molecule has 3 aromatic rings. The Bertz CT molecular complexity index is 808. The van der Waals surface area contributed by atoms with Crippen LogP contribution in [0.3, 0.4) is 0 Å². The normalized spacial score (nSPS) is 10.9. The smallest absolute Gasteiger partial charge is 0.387 e. The third-order valence-electron chi connectivity index (χ3n) is 2.73. The molecule has 2 aromatic heterocycles. The van der Waals surface area contributed by atoms with Crippen LogP contribution in [-0.2, 0) is 0 Å². The second-order valence-corrected chi connectivity index (χ2v) is 5.25. The van der Waals surface area contributed by atoms with Crippen LogP contribution in [0.25, 0.3) is 10.2 Å². The second-order valence-electron chi connectivity index (χ2n) is 4.22. The number of amides is 1. The van der Waals surface area contributed by atoms with E-state index < -0.39 is 6.61 Å². The van der Waals surface area contributed by atoms with Crippen molar-refractivity contribution in [3.8, 4) is 5.75 Å². The van der Waals surface area contributed by atoms with E-state index in [0.717, 1.165) is 0 Å². The third-order valence-corrected chi connectivity index (χ3v) is 3.66. The first-order valence-corrected chi connectivity index (χ1v) is 7.00. The number of benzene rings is 1. The molecule has 0 spiro atoms. The Morgan fingerprint density at radius 1 is 1.32 bits per heavy atom. The molecular weight excluding hydrogens is 312 g/mol. The zero-order chi connectivity index (χ0) is 15.5. The van der Waals surface area contributed by atoms with E-state index in [1.807, 2.05) is 0 Å². The molecule has 0 fully saturated rings. The van der Waals surface area contributed by atoms with Crippen molar-refractivity contribution in [1.29, 1.82) is 0 Å². The summed E-state index contributed by atoms with van der Waals surface area (Å²) < 4.78 is 29.3. The molecule has 0 atom stereocenters. The van der Waals surface area contributed by atoms with Crippen LogP contribution in [0, 0.1) is 0 Å². The van der Waals surface area contributed by atoms with Gasteiger partial charge in [-0.15, -0.1) is 0 Å². The number of carbonyl (C=O) groups is 1. The lowest BCUT2D eigenvalue weighted by Gasteiger charge is -2.02. The molecule has 1 N–H and O–H groups in total. The molecule has 0 unspecified atom stereocenters. The van der Waals surface area contributed by atoms with Crippen LogP contribution in [0.15, 0.2) is 42.7 Å². The van der Waals surface area contributed by atoms with Crippen LogP contribution < -0.4 is 10.1 Å². The van der Waals surface area contributed by atoms with E-state index in [1.54, 1.807) is 24.4 Å². The van der Waals surface area contributed by atoms with Crippen molar-refractivity contribution in [3.63, 3.8) is 0 Å². The summed E-state index contributed by atoms with van der Waals surface area (Å²) >= 11 is 1.17. The number of carbonyl (C=O) groups excluding carboxylic acids is 1. The van der Waals surface area contributed by atoms with Crippen LogP contribution >= 0.6 is 11.3 Å². The maximum Gasteiger partial charge on any atom is 0.387 e. The van der Waals surface area contributed by atoms with Gasteiger partial charge in [-0.1, -0.05) is 11.3 Å². The number of thiazole rings is 1. The Morgan fingerprint density at radius 3 is 2.91 bits per heavy atom. The van der Waals surface area contributed by atoms with Gasteiger partial charge in [0.05, 0.1) is 15.8 Å². The van der Waals surface area contributed by atoms with Gasteiger partial charge in [0.15, 0.2) is 5.13 Å². The molecule has 3 rings (SSSR count). The number of pyridine rings is 1. The van der Waals surface area contributed by atoms with Crippen molar-refractivity contribution in [2.75, 3.05) is 5.32 Å². The zero-order valence-corrected chi connectivity index (χ0v) is 11.8. The van der Waals surface area contributed by atoms with Crippen molar-refractivity contribution < 1.29 is 18.3 Å². The Balaban J connectivity index is 1.81. The molecule has 0 bridgehead atoms. The molecule has 0 saturated heterocycles. The molecule has 0 radical (unpaired) electrons. The highest BCUT2D eigenvalue weighted by atomic mass is 32.1. The zero-order valence-electron chi connectivity index (χ0n) is 11.0. The van der Waals surface area contributed by atoms with Gasteiger partial charge in [-0.3, -0.25) is 15.1 Å². The number of ether oxygens (including phenoxy) is 1. The number of aromatic nitrogens is 2. The topological polar surface area (TPSA) is 64.1 Å². The highest BCUT2D eigenvalue weighted by molar-refractivity contribution is 7.22. The Hall–Kier alpha value is -2.61. The first kappa shape index (κ1) is 14.3. The number of fused-ring (bicyclic) bond motifs is 1. The fraction of sp³-hybridized carbons (Fsp3) is 0.0714. The lowest BCUT2D eigenvalue weighted by Crippen LogP contribution is -2.11. The lowest BCUT2D eigenvalue weighted by molar-refractivity contribution is -0.0497. The predicted octanol–water partition coefficient (Wildman–Crippen LogP) is 3.55. The highest BCUT2D eigenvalue weighted by Gasteiger charge is 2.11. The molecule has 0 aliphatic carbocycles. The Labute approximate surface area is 127 Å². The van der Waals surface area contributed by atoms with Crippen molar-refractivity contribution in [3.05, 3.63) is 48.3 Å². The number of alkyl halides is 2. The molecule has 112 valence electrons. The van der Waals surface area contributed by atoms with Crippen LogP contribution in [-0.4, -0.2) is 22.5 Å². The van der Waals surface area contributed by atoms with Crippen LogP contribution in [0.2, 0.25) is 0 Å². The van der Waals surface area contributed by atoms with Gasteiger partial charge in [0.25, 0.3) is 5.91 Å². The molecule has 1 aromatic carbocycles. The minimum Gasteiger partial charge on any atom is -0.435 e. The molecule has 2 heterocycles. The third kappa shape index (κ3) is 3.17. The minimum atomic E-state index is -2.88. The number of hydrogen-bond acceptors (Lipinski definition) is 5. The van der Waals surface area contributed by atoms with Gasteiger partial charge in [0.1, 0.15) is 5.75 Å². The molecule has 1 amide bonds. The predicted molar refractivity (Wildman–Crippen MR) is 78.4 cm³/mol. The summed E-state index contributed by atoms with van der Waals surface area (Å²) in [5.41, 5.74) is 0.997. The van der Waals surface area contributed by atoms with Gasteiger partial charge in [0, 0.05) is 12.4 Å². The molecule has 0 aliphatic heterocycles. The van der Waals surface area contributed by atoms with E-state index in [0.29, 0.717) is 20.9 Å². The van der Waals surface area contributed by atoms with Crippen molar-refractivity contribution in [2.24, 2.45) is 0 Å². The van der Waals surface area contributed by atoms with E-state index in [4.69, 9.17) is 0 Å². The highest BCUT2D eigenvalue weighted by Crippen LogP contribution is 2.30. The molecule has 5 nitrogen and oxygen atoms in total. The monoisotopic (exact) mass is 321 g/mol. The van der Waals surface area contributed by atoms with Gasteiger partial charge >= 0.3 is 6.61 Å². The van der Waals surface area contributed by atoms with E-state index in [-0.39, 0.29) is 11.7 Å². The number of nitrogens with one attached hydrogen (secondary N) is 1. The quantitative estimate of drug-likeness (QED) is 0.798. The van der Waals surface area contributed by atoms with E-state index in [1.165, 1.54) is 29.7 Å². The number of halogens is 2. The fourth-order valence-corrected chi connectivity index (χ4v) is 2.69. The maximum absolute atomic E-state index is 12.2. The summed E-state index contributed by atoms with van der Waals surface area (Å²) in [5.74, 6) is -0.285. The van der Waals surface area contributed by atoms with Gasteiger partial charge in [0.2, 0.25) is 0 Å². The summed E-state index contributed by atoms with van der Waals surface area (Å²) in [6.07, 6.45) is 3.01. The summed E-state index contributed by atoms with van der Waals surface area (Å²) in [6, 6.07) is 7.70.